The minimum Gasteiger partial charge on any atom is -0.354 e. The quantitative estimate of drug-likeness (QED) is 0.697. The first-order chi connectivity index (χ1) is 8.79. The zero-order valence-electron chi connectivity index (χ0n) is 10.3. The van der Waals surface area contributed by atoms with Gasteiger partial charge >= 0.3 is 6.03 Å². The molecule has 1 saturated heterocycles. The van der Waals surface area contributed by atoms with E-state index in [9.17, 15) is 4.79 Å². The molecule has 0 bridgehead atoms. The van der Waals surface area contributed by atoms with Crippen molar-refractivity contribution in [2.75, 3.05) is 31.1 Å². The molecule has 2 rings (SSSR count). The van der Waals surface area contributed by atoms with Gasteiger partial charge in [0.25, 0.3) is 0 Å². The molecule has 1 aromatic heterocycles. The molecule has 4 N–H and O–H groups in total. The Labute approximate surface area is 107 Å². The molecule has 18 heavy (non-hydrogen) atoms. The number of amides is 2. The van der Waals surface area contributed by atoms with Crippen molar-refractivity contribution < 1.29 is 4.79 Å². The summed E-state index contributed by atoms with van der Waals surface area (Å²) in [6.45, 7) is 2.67. The number of nitrogens with zero attached hydrogens (tertiary/aromatic N) is 2. The Hall–Kier alpha value is -1.82. The standard InChI is InChI=1S/C12H19N5O/c13-5-7-15-12(18)16-10-4-8-17(9-10)11-3-1-2-6-14-11/h1-3,6,10H,4-5,7-9,13H2,(H2,15,16,18). The number of carbonyl (C=O) groups excluding carboxylic acids is 1. The van der Waals surface area contributed by atoms with Crippen molar-refractivity contribution in [3.63, 3.8) is 0 Å². The van der Waals surface area contributed by atoms with Crippen LogP contribution in [0.1, 0.15) is 6.42 Å². The highest BCUT2D eigenvalue weighted by atomic mass is 16.2. The highest BCUT2D eigenvalue weighted by Crippen LogP contribution is 2.16. The Morgan fingerprint density at radius 2 is 2.44 bits per heavy atom. The lowest BCUT2D eigenvalue weighted by atomic mass is 10.3. The lowest BCUT2D eigenvalue weighted by molar-refractivity contribution is 0.238. The summed E-state index contributed by atoms with van der Waals surface area (Å²) in [5.41, 5.74) is 5.32. The Balaban J connectivity index is 1.80. The molecule has 1 unspecified atom stereocenters. The van der Waals surface area contributed by atoms with Crippen LogP contribution in [0.25, 0.3) is 0 Å². The predicted molar refractivity (Wildman–Crippen MR) is 70.4 cm³/mol. The van der Waals surface area contributed by atoms with Gasteiger partial charge in [0, 0.05) is 38.4 Å². The van der Waals surface area contributed by atoms with Crippen LogP contribution in [0, 0.1) is 0 Å². The molecule has 6 nitrogen and oxygen atoms in total. The molecule has 0 aromatic carbocycles. The maximum atomic E-state index is 11.5. The topological polar surface area (TPSA) is 83.3 Å². The number of hydrogen-bond donors (Lipinski definition) is 3. The average molecular weight is 249 g/mol. The van der Waals surface area contributed by atoms with Crippen LogP contribution >= 0.6 is 0 Å². The van der Waals surface area contributed by atoms with Gasteiger partial charge in [0.2, 0.25) is 0 Å². The fourth-order valence-corrected chi connectivity index (χ4v) is 2.05. The molecule has 0 aliphatic carbocycles. The summed E-state index contributed by atoms with van der Waals surface area (Å²) in [6, 6.07) is 5.88. The molecule has 0 saturated carbocycles. The molecule has 98 valence electrons. The Bertz CT molecular complexity index is 383. The molecular formula is C12H19N5O. The van der Waals surface area contributed by atoms with Crippen molar-refractivity contribution in [3.05, 3.63) is 24.4 Å². The van der Waals surface area contributed by atoms with Crippen molar-refractivity contribution in [1.29, 1.82) is 0 Å². The van der Waals surface area contributed by atoms with E-state index in [1.807, 2.05) is 18.2 Å². The van der Waals surface area contributed by atoms with Crippen molar-refractivity contribution in [3.8, 4) is 0 Å². The monoisotopic (exact) mass is 249 g/mol. The SMILES string of the molecule is NCCNC(=O)NC1CCN(c2ccccn2)C1. The number of hydrogen-bond acceptors (Lipinski definition) is 4. The van der Waals surface area contributed by atoms with Crippen LogP contribution < -0.4 is 21.3 Å². The molecule has 0 radical (unpaired) electrons. The van der Waals surface area contributed by atoms with Crippen LogP contribution in [0.5, 0.6) is 0 Å². The van der Waals surface area contributed by atoms with Gasteiger partial charge in [0.1, 0.15) is 5.82 Å². The second kappa shape index (κ2) is 6.20. The molecule has 0 spiro atoms. The zero-order valence-corrected chi connectivity index (χ0v) is 10.3. The van der Waals surface area contributed by atoms with Gasteiger partial charge in [-0.25, -0.2) is 9.78 Å². The second-order valence-electron chi connectivity index (χ2n) is 4.31. The van der Waals surface area contributed by atoms with Gasteiger partial charge in [0.05, 0.1) is 0 Å². The van der Waals surface area contributed by atoms with E-state index in [4.69, 9.17) is 5.73 Å². The summed E-state index contributed by atoms with van der Waals surface area (Å²) < 4.78 is 0. The summed E-state index contributed by atoms with van der Waals surface area (Å²) in [5.74, 6) is 0.962. The van der Waals surface area contributed by atoms with Crippen molar-refractivity contribution in [2.24, 2.45) is 5.73 Å². The third-order valence-corrected chi connectivity index (χ3v) is 2.93. The summed E-state index contributed by atoms with van der Waals surface area (Å²) >= 11 is 0. The smallest absolute Gasteiger partial charge is 0.315 e. The molecule has 2 heterocycles. The maximum Gasteiger partial charge on any atom is 0.315 e. The average Bonchev–Trinajstić information content (AvgIpc) is 2.86. The van der Waals surface area contributed by atoms with E-state index in [1.165, 1.54) is 0 Å². The van der Waals surface area contributed by atoms with Crippen molar-refractivity contribution >= 4 is 11.8 Å². The van der Waals surface area contributed by atoms with Gasteiger partial charge in [-0.3, -0.25) is 0 Å². The van der Waals surface area contributed by atoms with E-state index in [2.05, 4.69) is 20.5 Å². The first-order valence-electron chi connectivity index (χ1n) is 6.20. The first-order valence-corrected chi connectivity index (χ1v) is 6.20. The summed E-state index contributed by atoms with van der Waals surface area (Å²) in [7, 11) is 0. The van der Waals surface area contributed by atoms with Crippen LogP contribution in [0.2, 0.25) is 0 Å². The van der Waals surface area contributed by atoms with Gasteiger partial charge in [-0.1, -0.05) is 6.07 Å². The van der Waals surface area contributed by atoms with Crippen LogP contribution in [-0.4, -0.2) is 43.2 Å². The molecule has 1 aromatic rings. The van der Waals surface area contributed by atoms with Gasteiger partial charge in [-0.05, 0) is 18.6 Å². The third kappa shape index (κ3) is 3.33. The van der Waals surface area contributed by atoms with Crippen LogP contribution in [0.15, 0.2) is 24.4 Å². The molecule has 6 heteroatoms. The maximum absolute atomic E-state index is 11.5. The Kier molecular flexibility index (Phi) is 4.35. The number of nitrogens with two attached hydrogens (primary N) is 1. The highest BCUT2D eigenvalue weighted by molar-refractivity contribution is 5.74. The molecule has 1 aliphatic rings. The van der Waals surface area contributed by atoms with Crippen molar-refractivity contribution in [2.45, 2.75) is 12.5 Å². The zero-order chi connectivity index (χ0) is 12.8. The highest BCUT2D eigenvalue weighted by Gasteiger charge is 2.24. The fourth-order valence-electron chi connectivity index (χ4n) is 2.05. The van der Waals surface area contributed by atoms with E-state index in [0.717, 1.165) is 25.3 Å². The van der Waals surface area contributed by atoms with Crippen LogP contribution in [-0.2, 0) is 0 Å². The minimum atomic E-state index is -0.145. The number of anilines is 1. The Morgan fingerprint density at radius 3 is 3.17 bits per heavy atom. The van der Waals surface area contributed by atoms with Gasteiger partial charge in [0.15, 0.2) is 0 Å². The number of rotatable bonds is 4. The normalized spacial score (nSPS) is 18.7. The summed E-state index contributed by atoms with van der Waals surface area (Å²) in [4.78, 5) is 18.0. The third-order valence-electron chi connectivity index (χ3n) is 2.93. The first kappa shape index (κ1) is 12.6. The minimum absolute atomic E-state index is 0.145. The van der Waals surface area contributed by atoms with Crippen LogP contribution in [0.4, 0.5) is 10.6 Å². The van der Waals surface area contributed by atoms with Crippen molar-refractivity contribution in [1.82, 2.24) is 15.6 Å². The lowest BCUT2D eigenvalue weighted by Gasteiger charge is -2.17. The largest absolute Gasteiger partial charge is 0.354 e. The predicted octanol–water partition coefficient (Wildman–Crippen LogP) is -0.0818. The number of pyridine rings is 1. The number of carbonyl (C=O) groups is 1. The van der Waals surface area contributed by atoms with E-state index in [1.54, 1.807) is 6.20 Å². The fraction of sp³-hybridized carbons (Fsp3) is 0.500. The number of aromatic nitrogens is 1. The lowest BCUT2D eigenvalue weighted by Crippen LogP contribution is -2.44. The summed E-state index contributed by atoms with van der Waals surface area (Å²) in [6.07, 6.45) is 2.72. The van der Waals surface area contributed by atoms with E-state index in [-0.39, 0.29) is 12.1 Å². The van der Waals surface area contributed by atoms with E-state index in [0.29, 0.717) is 13.1 Å². The Morgan fingerprint density at radius 1 is 1.56 bits per heavy atom. The van der Waals surface area contributed by atoms with Crippen LogP contribution in [0.3, 0.4) is 0 Å². The number of urea groups is 1. The molecule has 1 atom stereocenters. The molecule has 2 amide bonds. The second-order valence-corrected chi connectivity index (χ2v) is 4.31. The molecule has 1 aliphatic heterocycles. The van der Waals surface area contributed by atoms with E-state index < -0.39 is 0 Å². The van der Waals surface area contributed by atoms with E-state index >= 15 is 0 Å². The number of nitrogens with one attached hydrogen (secondary N) is 2. The van der Waals surface area contributed by atoms with Gasteiger partial charge in [-0.2, -0.15) is 0 Å². The summed E-state index contributed by atoms with van der Waals surface area (Å²) in [5, 5.41) is 5.64. The van der Waals surface area contributed by atoms with Gasteiger partial charge in [-0.15, -0.1) is 0 Å². The van der Waals surface area contributed by atoms with Gasteiger partial charge < -0.3 is 21.3 Å². The molecule has 1 fully saturated rings. The molecular weight excluding hydrogens is 230 g/mol.